The first kappa shape index (κ1) is 18.4. The van der Waals surface area contributed by atoms with Gasteiger partial charge in [-0.05, 0) is 6.92 Å². The number of amides is 1. The third-order valence-electron chi connectivity index (χ3n) is 2.95. The molecule has 0 aliphatic heterocycles. The fourth-order valence-corrected chi connectivity index (χ4v) is 2.84. The summed E-state index contributed by atoms with van der Waals surface area (Å²) in [5, 5.41) is 22.4. The number of pyridine rings is 1. The van der Waals surface area contributed by atoms with E-state index in [0.717, 1.165) is 12.3 Å². The van der Waals surface area contributed by atoms with Crippen molar-refractivity contribution >= 4 is 34.7 Å². The predicted molar refractivity (Wildman–Crippen MR) is 81.0 cm³/mol. The van der Waals surface area contributed by atoms with E-state index in [1.54, 1.807) is 0 Å². The third-order valence-corrected chi connectivity index (χ3v) is 4.27. The summed E-state index contributed by atoms with van der Waals surface area (Å²) in [6, 6.07) is 1.06. The van der Waals surface area contributed by atoms with Crippen LogP contribution in [0.25, 0.3) is 0 Å². The summed E-state index contributed by atoms with van der Waals surface area (Å²) in [6.45, 7) is 1.46. The predicted octanol–water partition coefficient (Wildman–Crippen LogP) is 2.98. The summed E-state index contributed by atoms with van der Waals surface area (Å²) in [6.07, 6.45) is -5.37. The molecule has 1 amide bonds. The number of rotatable bonds is 4. The number of aliphatic hydroxyl groups is 1. The largest absolute Gasteiger partial charge is 0.504 e. The molecule has 0 bridgehead atoms. The molecule has 0 aliphatic carbocycles. The second kappa shape index (κ2) is 6.54. The van der Waals surface area contributed by atoms with Crippen molar-refractivity contribution in [2.24, 2.45) is 0 Å². The lowest BCUT2D eigenvalue weighted by molar-refractivity contribution is -0.266. The highest BCUT2D eigenvalue weighted by molar-refractivity contribution is 7.09. The minimum atomic E-state index is -5.12. The SMILES string of the molecule is Cc1csc(C(O)(CC(=O)Nc2ncc(Cl)cc2O)C(F)(F)F)n1. The van der Waals surface area contributed by atoms with Gasteiger partial charge in [0, 0.05) is 23.3 Å². The highest BCUT2D eigenvalue weighted by atomic mass is 35.5. The van der Waals surface area contributed by atoms with Gasteiger partial charge in [-0.3, -0.25) is 4.79 Å². The van der Waals surface area contributed by atoms with Crippen LogP contribution in [0.3, 0.4) is 0 Å². The summed E-state index contributed by atoms with van der Waals surface area (Å²) in [7, 11) is 0. The molecule has 2 heterocycles. The first-order valence-corrected chi connectivity index (χ1v) is 7.65. The molecule has 0 aromatic carbocycles. The molecule has 2 rings (SSSR count). The number of nitrogens with one attached hydrogen (secondary N) is 1. The Morgan fingerprint density at radius 1 is 1.46 bits per heavy atom. The van der Waals surface area contributed by atoms with Gasteiger partial charge in [-0.15, -0.1) is 11.3 Å². The van der Waals surface area contributed by atoms with Crippen molar-refractivity contribution in [2.75, 3.05) is 5.32 Å². The summed E-state index contributed by atoms with van der Waals surface area (Å²) >= 11 is 6.16. The molecule has 2 aromatic rings. The van der Waals surface area contributed by atoms with Crippen LogP contribution >= 0.6 is 22.9 Å². The number of hydrogen-bond acceptors (Lipinski definition) is 6. The van der Waals surface area contributed by atoms with Crippen molar-refractivity contribution in [2.45, 2.75) is 25.1 Å². The van der Waals surface area contributed by atoms with Gasteiger partial charge < -0.3 is 15.5 Å². The van der Waals surface area contributed by atoms with Crippen LogP contribution in [0.1, 0.15) is 17.1 Å². The van der Waals surface area contributed by atoms with Crippen molar-refractivity contribution in [3.8, 4) is 5.75 Å². The van der Waals surface area contributed by atoms with Crippen LogP contribution in [0.4, 0.5) is 19.0 Å². The van der Waals surface area contributed by atoms with Crippen molar-refractivity contribution < 1.29 is 28.2 Å². The molecule has 24 heavy (non-hydrogen) atoms. The Bertz CT molecular complexity index is 768. The van der Waals surface area contributed by atoms with Crippen LogP contribution in [0.2, 0.25) is 5.02 Å². The highest BCUT2D eigenvalue weighted by Gasteiger charge is 2.58. The highest BCUT2D eigenvalue weighted by Crippen LogP contribution is 2.43. The van der Waals surface area contributed by atoms with Gasteiger partial charge in [-0.1, -0.05) is 11.6 Å². The van der Waals surface area contributed by atoms with E-state index in [2.05, 4.69) is 9.97 Å². The molecule has 0 aliphatic rings. The van der Waals surface area contributed by atoms with Crippen LogP contribution in [-0.2, 0) is 10.4 Å². The molecule has 0 saturated heterocycles. The Morgan fingerprint density at radius 2 is 2.12 bits per heavy atom. The number of halogens is 4. The molecule has 1 atom stereocenters. The lowest BCUT2D eigenvalue weighted by Gasteiger charge is -2.27. The van der Waals surface area contributed by atoms with Gasteiger partial charge in [-0.25, -0.2) is 9.97 Å². The van der Waals surface area contributed by atoms with Gasteiger partial charge in [0.1, 0.15) is 5.01 Å². The second-order valence-electron chi connectivity index (χ2n) is 4.90. The van der Waals surface area contributed by atoms with Crippen LogP contribution in [0.5, 0.6) is 5.75 Å². The monoisotopic (exact) mass is 381 g/mol. The number of alkyl halides is 3. The van der Waals surface area contributed by atoms with Gasteiger partial charge in [0.25, 0.3) is 0 Å². The molecule has 3 N–H and O–H groups in total. The van der Waals surface area contributed by atoms with E-state index >= 15 is 0 Å². The zero-order valence-corrected chi connectivity index (χ0v) is 13.6. The van der Waals surface area contributed by atoms with Crippen molar-refractivity contribution in [1.82, 2.24) is 9.97 Å². The van der Waals surface area contributed by atoms with Crippen molar-refractivity contribution in [3.63, 3.8) is 0 Å². The molecule has 1 unspecified atom stereocenters. The minimum absolute atomic E-state index is 0.0792. The Kier molecular flexibility index (Phi) is 5.02. The van der Waals surface area contributed by atoms with E-state index in [9.17, 15) is 28.2 Å². The van der Waals surface area contributed by atoms with Gasteiger partial charge in [0.05, 0.1) is 11.4 Å². The molecular weight excluding hydrogens is 371 g/mol. The summed E-state index contributed by atoms with van der Waals surface area (Å²) < 4.78 is 39.9. The lowest BCUT2D eigenvalue weighted by atomic mass is 9.99. The molecule has 0 fully saturated rings. The summed E-state index contributed by atoms with van der Waals surface area (Å²) in [4.78, 5) is 19.1. The second-order valence-corrected chi connectivity index (χ2v) is 6.19. The van der Waals surface area contributed by atoms with Crippen LogP contribution < -0.4 is 5.32 Å². The number of carbonyl (C=O) groups is 1. The Hall–Kier alpha value is -1.91. The zero-order chi connectivity index (χ0) is 18.1. The number of aryl methyl sites for hydroxylation is 1. The molecule has 0 spiro atoms. The summed E-state index contributed by atoms with van der Waals surface area (Å²) in [5.41, 5.74) is -3.16. The number of thiazole rings is 1. The van der Waals surface area contributed by atoms with E-state index < -0.39 is 34.9 Å². The number of carbonyl (C=O) groups excluding carboxylic acids is 1. The maximum Gasteiger partial charge on any atom is 0.424 e. The van der Waals surface area contributed by atoms with Gasteiger partial charge >= 0.3 is 6.18 Å². The third kappa shape index (κ3) is 3.77. The van der Waals surface area contributed by atoms with E-state index in [0.29, 0.717) is 11.3 Å². The zero-order valence-electron chi connectivity index (χ0n) is 12.1. The maximum absolute atomic E-state index is 13.3. The first-order chi connectivity index (χ1) is 11.0. The van der Waals surface area contributed by atoms with E-state index in [-0.39, 0.29) is 16.5 Å². The van der Waals surface area contributed by atoms with E-state index in [4.69, 9.17) is 11.6 Å². The van der Waals surface area contributed by atoms with Crippen molar-refractivity contribution in [1.29, 1.82) is 0 Å². The fourth-order valence-electron chi connectivity index (χ4n) is 1.77. The minimum Gasteiger partial charge on any atom is -0.504 e. The lowest BCUT2D eigenvalue weighted by Crippen LogP contribution is -2.45. The Labute approximate surface area is 142 Å². The van der Waals surface area contributed by atoms with Crippen LogP contribution in [-0.4, -0.2) is 32.3 Å². The average Bonchev–Trinajstić information content (AvgIpc) is 2.87. The standard InChI is InChI=1S/C13H11ClF3N3O3S/c1-6-5-24-11(19-6)12(23,13(15,16)17)3-9(22)20-10-8(21)2-7(14)4-18-10/h2,4-5,21,23H,3H2,1H3,(H,18,20,22). The molecule has 0 saturated carbocycles. The number of nitrogens with zero attached hydrogens (tertiary/aromatic N) is 2. The molecule has 130 valence electrons. The maximum atomic E-state index is 13.3. The smallest absolute Gasteiger partial charge is 0.424 e. The fraction of sp³-hybridized carbons (Fsp3) is 0.308. The number of aromatic nitrogens is 2. The normalized spacial score (nSPS) is 14.2. The van der Waals surface area contributed by atoms with Crippen molar-refractivity contribution in [3.05, 3.63) is 33.4 Å². The number of anilines is 1. The van der Waals surface area contributed by atoms with Gasteiger partial charge in [-0.2, -0.15) is 13.2 Å². The molecule has 2 aromatic heterocycles. The van der Waals surface area contributed by atoms with Gasteiger partial charge in [0.15, 0.2) is 11.6 Å². The molecule has 11 heteroatoms. The first-order valence-electron chi connectivity index (χ1n) is 6.39. The van der Waals surface area contributed by atoms with E-state index in [1.807, 2.05) is 5.32 Å². The topological polar surface area (TPSA) is 95.3 Å². The Morgan fingerprint density at radius 3 is 2.62 bits per heavy atom. The number of hydrogen-bond donors (Lipinski definition) is 3. The quantitative estimate of drug-likeness (QED) is 0.756. The molecular formula is C13H11ClF3N3O3S. The average molecular weight is 382 g/mol. The summed E-state index contributed by atoms with van der Waals surface area (Å²) in [5.74, 6) is -2.09. The molecule has 6 nitrogen and oxygen atoms in total. The van der Waals surface area contributed by atoms with E-state index in [1.165, 1.54) is 12.3 Å². The Balaban J connectivity index is 2.25. The van der Waals surface area contributed by atoms with Gasteiger partial charge in [0.2, 0.25) is 11.5 Å². The number of aromatic hydroxyl groups is 1. The van der Waals surface area contributed by atoms with Crippen LogP contribution in [0, 0.1) is 6.92 Å². The van der Waals surface area contributed by atoms with Crippen LogP contribution in [0.15, 0.2) is 17.6 Å². The molecule has 0 radical (unpaired) electrons.